The van der Waals surface area contributed by atoms with Crippen molar-refractivity contribution in [1.29, 1.82) is 0 Å². The molecule has 154 valence electrons. The largest absolute Gasteiger partial charge is 0.357 e. The molecule has 0 amide bonds. The van der Waals surface area contributed by atoms with Crippen molar-refractivity contribution in [2.75, 3.05) is 12.8 Å². The molecule has 8 heteroatoms. The van der Waals surface area contributed by atoms with Crippen LogP contribution in [0.5, 0.6) is 0 Å². The highest BCUT2D eigenvalue weighted by atomic mass is 127. The zero-order valence-corrected chi connectivity index (χ0v) is 20.1. The number of rotatable bonds is 7. The fourth-order valence-electron chi connectivity index (χ4n) is 2.78. The minimum Gasteiger partial charge on any atom is -0.357 e. The summed E-state index contributed by atoms with van der Waals surface area (Å²) in [5.74, 6) is 1.59. The number of aromatic nitrogens is 3. The smallest absolute Gasteiger partial charge is 0.191 e. The van der Waals surface area contributed by atoms with Crippen molar-refractivity contribution in [2.24, 2.45) is 4.99 Å². The summed E-state index contributed by atoms with van der Waals surface area (Å²) in [5, 5.41) is 11.0. The molecule has 0 aliphatic heterocycles. The predicted molar refractivity (Wildman–Crippen MR) is 131 cm³/mol. The lowest BCUT2D eigenvalue weighted by atomic mass is 10.1. The van der Waals surface area contributed by atoms with Crippen molar-refractivity contribution in [3.8, 4) is 5.82 Å². The predicted octanol–water partition coefficient (Wildman–Crippen LogP) is 4.17. The Kier molecular flexibility index (Phi) is 9.46. The summed E-state index contributed by atoms with van der Waals surface area (Å²) in [6, 6.07) is 12.4. The maximum atomic E-state index is 4.72. The van der Waals surface area contributed by atoms with Crippen molar-refractivity contribution >= 4 is 41.7 Å². The second kappa shape index (κ2) is 11.8. The molecule has 0 saturated heterocycles. The standard InChI is InChI=1S/C21H26N6S.HI/c1-4-22-21(25-15-18-7-6-16(2)12-19(18)28-3)24-14-17-8-10-23-20(13-17)27-11-5-9-26-27;/h5-13H,4,14-15H2,1-3H3,(H2,22,24,25);1H. The van der Waals surface area contributed by atoms with Gasteiger partial charge < -0.3 is 10.6 Å². The molecule has 1 aromatic carbocycles. The van der Waals surface area contributed by atoms with Gasteiger partial charge in [0, 0.05) is 36.6 Å². The van der Waals surface area contributed by atoms with Crippen LogP contribution in [0.2, 0.25) is 0 Å². The summed E-state index contributed by atoms with van der Waals surface area (Å²) in [5.41, 5.74) is 3.63. The average Bonchev–Trinajstić information content (AvgIpc) is 3.26. The number of nitrogens with one attached hydrogen (secondary N) is 2. The molecule has 2 aromatic heterocycles. The number of halogens is 1. The van der Waals surface area contributed by atoms with Gasteiger partial charge in [-0.2, -0.15) is 5.10 Å². The van der Waals surface area contributed by atoms with E-state index in [1.165, 1.54) is 16.0 Å². The number of nitrogens with zero attached hydrogens (tertiary/aromatic N) is 4. The number of aryl methyl sites for hydroxylation is 1. The minimum absolute atomic E-state index is 0. The van der Waals surface area contributed by atoms with Gasteiger partial charge in [0.15, 0.2) is 11.8 Å². The molecule has 0 spiro atoms. The Hall–Kier alpha value is -2.07. The zero-order valence-electron chi connectivity index (χ0n) is 16.9. The number of hydrogen-bond acceptors (Lipinski definition) is 4. The van der Waals surface area contributed by atoms with Crippen LogP contribution in [0.3, 0.4) is 0 Å². The quantitative estimate of drug-likeness (QED) is 0.211. The Bertz CT molecular complexity index is 927. The topological polar surface area (TPSA) is 67.1 Å². The van der Waals surface area contributed by atoms with Gasteiger partial charge in [-0.25, -0.2) is 14.7 Å². The fourth-order valence-corrected chi connectivity index (χ4v) is 3.48. The first-order valence-electron chi connectivity index (χ1n) is 9.30. The van der Waals surface area contributed by atoms with Crippen LogP contribution in [-0.4, -0.2) is 33.5 Å². The zero-order chi connectivity index (χ0) is 19.8. The van der Waals surface area contributed by atoms with E-state index >= 15 is 0 Å². The van der Waals surface area contributed by atoms with Gasteiger partial charge in [0.2, 0.25) is 0 Å². The maximum Gasteiger partial charge on any atom is 0.191 e. The van der Waals surface area contributed by atoms with Gasteiger partial charge >= 0.3 is 0 Å². The van der Waals surface area contributed by atoms with Gasteiger partial charge in [0.1, 0.15) is 0 Å². The van der Waals surface area contributed by atoms with E-state index in [1.807, 2.05) is 24.4 Å². The van der Waals surface area contributed by atoms with E-state index < -0.39 is 0 Å². The van der Waals surface area contributed by atoms with Gasteiger partial charge in [-0.3, -0.25) is 0 Å². The Morgan fingerprint density at radius 3 is 2.76 bits per heavy atom. The van der Waals surface area contributed by atoms with E-state index in [1.54, 1.807) is 28.8 Å². The summed E-state index contributed by atoms with van der Waals surface area (Å²) in [4.78, 5) is 10.4. The van der Waals surface area contributed by atoms with E-state index in [2.05, 4.69) is 59.0 Å². The lowest BCUT2D eigenvalue weighted by Gasteiger charge is -2.14. The molecule has 2 heterocycles. The molecule has 0 aliphatic rings. The molecule has 0 atom stereocenters. The summed E-state index contributed by atoms with van der Waals surface area (Å²) < 4.78 is 1.75. The number of guanidine groups is 1. The number of hydrogen-bond donors (Lipinski definition) is 2. The Morgan fingerprint density at radius 2 is 2.03 bits per heavy atom. The van der Waals surface area contributed by atoms with Gasteiger partial charge in [-0.15, -0.1) is 35.7 Å². The number of aliphatic imine (C=N–C) groups is 1. The number of thioether (sulfide) groups is 1. The van der Waals surface area contributed by atoms with E-state index in [0.717, 1.165) is 30.4 Å². The van der Waals surface area contributed by atoms with Crippen LogP contribution in [0.4, 0.5) is 0 Å². The molecule has 0 saturated carbocycles. The summed E-state index contributed by atoms with van der Waals surface area (Å²) in [6.07, 6.45) is 7.52. The van der Waals surface area contributed by atoms with Crippen LogP contribution in [0.15, 0.2) is 64.9 Å². The SMILES string of the molecule is CCNC(=NCc1ccnc(-n2cccn2)c1)NCc1ccc(C)cc1SC.I. The highest BCUT2D eigenvalue weighted by molar-refractivity contribution is 14.0. The fraction of sp³-hybridized carbons (Fsp3) is 0.286. The third kappa shape index (κ3) is 6.74. The molecule has 3 aromatic rings. The van der Waals surface area contributed by atoms with Crippen LogP contribution >= 0.6 is 35.7 Å². The summed E-state index contributed by atoms with van der Waals surface area (Å²) in [7, 11) is 0. The van der Waals surface area contributed by atoms with Crippen molar-refractivity contribution in [2.45, 2.75) is 31.8 Å². The Labute approximate surface area is 193 Å². The van der Waals surface area contributed by atoms with E-state index in [-0.39, 0.29) is 24.0 Å². The molecular formula is C21H27IN6S. The molecule has 0 bridgehead atoms. The van der Waals surface area contributed by atoms with Gasteiger partial charge in [0.25, 0.3) is 0 Å². The van der Waals surface area contributed by atoms with Crippen LogP contribution in [0.1, 0.15) is 23.6 Å². The molecule has 6 nitrogen and oxygen atoms in total. The number of benzene rings is 1. The average molecular weight is 522 g/mol. The van der Waals surface area contributed by atoms with Crippen LogP contribution in [-0.2, 0) is 13.1 Å². The molecule has 3 rings (SSSR count). The van der Waals surface area contributed by atoms with Gasteiger partial charge in [-0.05, 0) is 61.1 Å². The van der Waals surface area contributed by atoms with Crippen molar-refractivity contribution in [3.63, 3.8) is 0 Å². The molecule has 2 N–H and O–H groups in total. The first kappa shape index (κ1) is 23.2. The monoisotopic (exact) mass is 522 g/mol. The normalized spacial score (nSPS) is 11.1. The highest BCUT2D eigenvalue weighted by Crippen LogP contribution is 2.21. The molecular weight excluding hydrogens is 495 g/mol. The van der Waals surface area contributed by atoms with Crippen molar-refractivity contribution in [1.82, 2.24) is 25.4 Å². The third-order valence-electron chi connectivity index (χ3n) is 4.20. The van der Waals surface area contributed by atoms with Crippen molar-refractivity contribution < 1.29 is 0 Å². The Morgan fingerprint density at radius 1 is 1.17 bits per heavy atom. The molecule has 0 radical (unpaired) electrons. The first-order chi connectivity index (χ1) is 13.7. The molecule has 0 unspecified atom stereocenters. The third-order valence-corrected chi connectivity index (χ3v) is 5.02. The lowest BCUT2D eigenvalue weighted by Crippen LogP contribution is -2.36. The van der Waals surface area contributed by atoms with Gasteiger partial charge in [-0.1, -0.05) is 12.1 Å². The first-order valence-corrected chi connectivity index (χ1v) is 10.5. The minimum atomic E-state index is 0. The number of pyridine rings is 1. The van der Waals surface area contributed by atoms with E-state index in [0.29, 0.717) is 6.54 Å². The maximum absolute atomic E-state index is 4.72. The summed E-state index contributed by atoms with van der Waals surface area (Å²) >= 11 is 1.77. The van der Waals surface area contributed by atoms with Crippen LogP contribution in [0, 0.1) is 6.92 Å². The van der Waals surface area contributed by atoms with Crippen LogP contribution in [0.25, 0.3) is 5.82 Å². The van der Waals surface area contributed by atoms with E-state index in [4.69, 9.17) is 4.99 Å². The van der Waals surface area contributed by atoms with Gasteiger partial charge in [0.05, 0.1) is 6.54 Å². The summed E-state index contributed by atoms with van der Waals surface area (Å²) in [6.45, 7) is 6.30. The van der Waals surface area contributed by atoms with Crippen LogP contribution < -0.4 is 10.6 Å². The van der Waals surface area contributed by atoms with E-state index in [9.17, 15) is 0 Å². The highest BCUT2D eigenvalue weighted by Gasteiger charge is 2.05. The lowest BCUT2D eigenvalue weighted by molar-refractivity contribution is 0.805. The Balaban J connectivity index is 0.00000300. The molecule has 29 heavy (non-hydrogen) atoms. The van der Waals surface area contributed by atoms with Crippen molar-refractivity contribution in [3.05, 3.63) is 71.7 Å². The molecule has 0 fully saturated rings. The second-order valence-electron chi connectivity index (χ2n) is 6.34. The molecule has 0 aliphatic carbocycles. The second-order valence-corrected chi connectivity index (χ2v) is 7.19.